The summed E-state index contributed by atoms with van der Waals surface area (Å²) in [6.45, 7) is 19.8. The van der Waals surface area contributed by atoms with Crippen LogP contribution in [0.4, 0.5) is 17.1 Å². The maximum absolute atomic E-state index is 6.33. The number of hydrogen-bond acceptors (Lipinski definition) is 6. The first-order valence-electron chi connectivity index (χ1n) is 43.3. The lowest BCUT2D eigenvalue weighted by Crippen LogP contribution is -2.45. The summed E-state index contributed by atoms with van der Waals surface area (Å²) < 4.78 is 29.6. The molecule has 0 unspecified atom stereocenters. The molecule has 576 valence electrons. The number of nitrogens with zero attached hydrogens (tertiary/aromatic N) is 1. The van der Waals surface area contributed by atoms with Crippen LogP contribution >= 0.6 is 0 Å². The highest BCUT2D eigenvalue weighted by atomic mass is 16.5. The molecule has 9 aromatic rings. The van der Waals surface area contributed by atoms with E-state index in [-0.39, 0.29) is 21.7 Å². The number of benzene rings is 9. The fourth-order valence-electron chi connectivity index (χ4n) is 18.6. The lowest BCUT2D eigenvalue weighted by Gasteiger charge is -2.40. The lowest BCUT2D eigenvalue weighted by molar-refractivity contribution is -0.152. The summed E-state index contributed by atoms with van der Waals surface area (Å²) in [4.78, 5) is 2.42. The Kier molecular flexibility index (Phi) is 28.1. The first kappa shape index (κ1) is 79.5. The fourth-order valence-corrected chi connectivity index (χ4v) is 18.6. The molecule has 6 nitrogen and oxygen atoms in total. The fraction of sp³-hybridized carbons (Fsp3) is 0.476. The van der Waals surface area contributed by atoms with Gasteiger partial charge in [0.1, 0.15) is 5.75 Å². The Morgan fingerprint density at radius 3 is 0.807 bits per heavy atom. The van der Waals surface area contributed by atoms with Gasteiger partial charge in [-0.25, -0.2) is 0 Å². The minimum atomic E-state index is -0.0778. The summed E-state index contributed by atoms with van der Waals surface area (Å²) in [7, 11) is 1.76. The van der Waals surface area contributed by atoms with Crippen molar-refractivity contribution < 1.29 is 23.7 Å². The third-order valence-corrected chi connectivity index (χ3v) is 25.9. The second kappa shape index (κ2) is 38.6. The molecule has 0 atom stereocenters. The lowest BCUT2D eigenvalue weighted by atomic mass is 9.70. The molecule has 0 radical (unpaired) electrons. The molecular formula is C103H129NO5. The molecule has 9 aromatic carbocycles. The molecule has 0 aromatic heterocycles. The van der Waals surface area contributed by atoms with Gasteiger partial charge in [0.15, 0.2) is 0 Å². The van der Waals surface area contributed by atoms with Crippen molar-refractivity contribution in [3.05, 3.63) is 228 Å². The summed E-state index contributed by atoms with van der Waals surface area (Å²) in [5.74, 6) is 0.846. The van der Waals surface area contributed by atoms with Crippen LogP contribution in [0.2, 0.25) is 0 Å². The smallest absolute Gasteiger partial charge is 0.119 e. The molecule has 0 amide bonds. The van der Waals surface area contributed by atoms with Crippen molar-refractivity contribution in [1.29, 1.82) is 0 Å². The third kappa shape index (κ3) is 18.6. The van der Waals surface area contributed by atoms with E-state index in [1.807, 2.05) is 0 Å². The van der Waals surface area contributed by atoms with E-state index in [1.54, 1.807) is 7.11 Å². The van der Waals surface area contributed by atoms with Crippen molar-refractivity contribution in [2.24, 2.45) is 10.8 Å². The highest BCUT2D eigenvalue weighted by molar-refractivity contribution is 5.89. The number of hydrogen-bond donors (Lipinski definition) is 0. The number of fused-ring (bicyclic) bond motifs is 6. The van der Waals surface area contributed by atoms with Crippen molar-refractivity contribution in [2.45, 2.75) is 258 Å². The van der Waals surface area contributed by atoms with Crippen molar-refractivity contribution in [2.75, 3.05) is 51.7 Å². The van der Waals surface area contributed by atoms with Crippen LogP contribution in [0, 0.1) is 10.8 Å². The van der Waals surface area contributed by atoms with Crippen molar-refractivity contribution in [1.82, 2.24) is 0 Å². The maximum Gasteiger partial charge on any atom is 0.119 e. The van der Waals surface area contributed by atoms with Gasteiger partial charge in [0.05, 0.1) is 60.0 Å². The van der Waals surface area contributed by atoms with Crippen molar-refractivity contribution in [3.63, 3.8) is 0 Å². The molecule has 4 aliphatic rings. The third-order valence-electron chi connectivity index (χ3n) is 25.9. The van der Waals surface area contributed by atoms with Crippen LogP contribution in [-0.4, -0.2) is 46.8 Å². The topological polar surface area (TPSA) is 49.4 Å². The average molecular weight is 1460 g/mol. The molecule has 2 aliphatic heterocycles. The van der Waals surface area contributed by atoms with E-state index in [0.717, 1.165) is 75.3 Å². The van der Waals surface area contributed by atoms with Gasteiger partial charge in [0.2, 0.25) is 0 Å². The van der Waals surface area contributed by atoms with E-state index in [1.165, 1.54) is 280 Å². The SMILES string of the molecule is CCCCCCCCC1(CCCCCCCC)c2cc(-c3ccc(COCC4(CC)COC4)cc3)ccc2-c2ccc(-c3ccc(N(c4ccc(OC)cc4)c4ccc(-c5ccc6c(c5)C(CCCCCCCC)(CCCCCCCC)c5cc(-c7ccc(COCC8(CC)COC8)cc7)ccc5-6)cc4)cc3)cc21. The van der Waals surface area contributed by atoms with Gasteiger partial charge < -0.3 is 28.6 Å². The molecule has 2 fully saturated rings. The Hall–Kier alpha value is -7.58. The van der Waals surface area contributed by atoms with Crippen LogP contribution in [0.25, 0.3) is 66.8 Å². The Labute approximate surface area is 657 Å². The standard InChI is InChI=1S/C103H129NO5/c1-8-14-18-22-26-30-62-102(63-31-27-23-19-15-9-2)96-66-84(80-38-34-78(35-39-80)70-106-72-100(12-5)74-108-75-100)46-58-92(96)94-60-48-86(68-98(94)102)82-42-50-88(51-43-82)104(90-54-56-91(105-7)57-55-90)89-52-44-83(45-53-89)87-49-61-95-93-59-47-85(81-40-36-79(37-41-81)71-107-73-101(13-6)76-109-77-101)67-97(93)103(99(95)69-87,64-32-28-24-20-16-10-3)65-33-29-25-21-17-11-4/h34-61,66-69H,8-33,62-65,70-77H2,1-7H3. The zero-order valence-corrected chi connectivity index (χ0v) is 67.8. The number of unbranched alkanes of at least 4 members (excludes halogenated alkanes) is 20. The van der Waals surface area contributed by atoms with Crippen LogP contribution < -0.4 is 9.64 Å². The highest BCUT2D eigenvalue weighted by Crippen LogP contribution is 2.58. The van der Waals surface area contributed by atoms with Crippen molar-refractivity contribution in [3.8, 4) is 72.5 Å². The Morgan fingerprint density at radius 2 is 0.550 bits per heavy atom. The monoisotopic (exact) mass is 1460 g/mol. The molecule has 2 aliphatic carbocycles. The first-order valence-corrected chi connectivity index (χ1v) is 43.3. The molecule has 0 bridgehead atoms. The minimum Gasteiger partial charge on any atom is -0.497 e. The zero-order valence-electron chi connectivity index (χ0n) is 67.8. The second-order valence-corrected chi connectivity index (χ2v) is 33.5. The summed E-state index contributed by atoms with van der Waals surface area (Å²) in [6, 6.07) is 75.9. The van der Waals surface area contributed by atoms with E-state index in [4.69, 9.17) is 23.7 Å². The predicted octanol–water partition coefficient (Wildman–Crippen LogP) is 29.3. The second-order valence-electron chi connectivity index (χ2n) is 33.5. The van der Waals surface area contributed by atoms with Crippen molar-refractivity contribution >= 4 is 17.1 Å². The van der Waals surface area contributed by atoms with Crippen LogP contribution in [0.3, 0.4) is 0 Å². The van der Waals surface area contributed by atoms with Crippen LogP contribution in [0.15, 0.2) is 194 Å². The molecule has 0 N–H and O–H groups in total. The average Bonchev–Trinajstić information content (AvgIpc) is 1.57. The number of ether oxygens (including phenoxy) is 5. The maximum atomic E-state index is 6.33. The number of methoxy groups -OCH3 is 1. The Bertz CT molecular complexity index is 4000. The summed E-state index contributed by atoms with van der Waals surface area (Å²) in [6.07, 6.45) is 37.8. The van der Waals surface area contributed by atoms with Gasteiger partial charge in [0.25, 0.3) is 0 Å². The Balaban J connectivity index is 0.803. The van der Waals surface area contributed by atoms with Gasteiger partial charge in [-0.2, -0.15) is 0 Å². The first-order chi connectivity index (χ1) is 53.6. The zero-order chi connectivity index (χ0) is 75.3. The van der Waals surface area contributed by atoms with E-state index in [0.29, 0.717) is 13.2 Å². The largest absolute Gasteiger partial charge is 0.497 e. The van der Waals surface area contributed by atoms with Gasteiger partial charge in [-0.15, -0.1) is 0 Å². The molecule has 13 rings (SSSR count). The summed E-state index contributed by atoms with van der Waals surface area (Å²) >= 11 is 0. The normalized spacial score (nSPS) is 15.2. The van der Waals surface area contributed by atoms with Crippen LogP contribution in [0.5, 0.6) is 5.75 Å². The van der Waals surface area contributed by atoms with Gasteiger partial charge in [0, 0.05) is 38.7 Å². The molecular weight excluding hydrogens is 1330 g/mol. The van der Waals surface area contributed by atoms with Crippen LogP contribution in [0.1, 0.15) is 268 Å². The van der Waals surface area contributed by atoms with E-state index in [2.05, 4.69) is 241 Å². The highest BCUT2D eigenvalue weighted by Gasteiger charge is 2.45. The van der Waals surface area contributed by atoms with Gasteiger partial charge >= 0.3 is 0 Å². The summed E-state index contributed by atoms with van der Waals surface area (Å²) in [5, 5.41) is 0. The van der Waals surface area contributed by atoms with Gasteiger partial charge in [-0.1, -0.05) is 317 Å². The van der Waals surface area contributed by atoms with Crippen LogP contribution in [-0.2, 0) is 43.0 Å². The number of anilines is 3. The van der Waals surface area contributed by atoms with Gasteiger partial charge in [-0.05, 0) is 211 Å². The predicted molar refractivity (Wildman–Crippen MR) is 460 cm³/mol. The number of rotatable bonds is 46. The summed E-state index contributed by atoms with van der Waals surface area (Å²) in [5.41, 5.74) is 28.0. The van der Waals surface area contributed by atoms with Gasteiger partial charge in [-0.3, -0.25) is 0 Å². The molecule has 2 heterocycles. The van der Waals surface area contributed by atoms with E-state index < -0.39 is 0 Å². The van der Waals surface area contributed by atoms with E-state index in [9.17, 15) is 0 Å². The molecule has 2 saturated heterocycles. The molecule has 6 heteroatoms. The molecule has 0 saturated carbocycles. The quantitative estimate of drug-likeness (QED) is 0.0355. The molecule has 0 spiro atoms. The minimum absolute atomic E-state index is 0.0778. The van der Waals surface area contributed by atoms with E-state index >= 15 is 0 Å². The Morgan fingerprint density at radius 1 is 0.294 bits per heavy atom. The molecule has 109 heavy (non-hydrogen) atoms.